The Hall–Kier alpha value is -1.59. The summed E-state index contributed by atoms with van der Waals surface area (Å²) in [5.74, 6) is 2.92. The Balaban J connectivity index is 1.53. The normalized spacial score (nSPS) is 20.6. The van der Waals surface area contributed by atoms with E-state index in [1.165, 1.54) is 12.8 Å². The van der Waals surface area contributed by atoms with E-state index >= 15 is 0 Å². The molecule has 0 unspecified atom stereocenters. The number of H-pyrrole nitrogens is 1. The number of nitrogens with one attached hydrogen (secondary N) is 1. The molecule has 0 radical (unpaired) electrons. The first kappa shape index (κ1) is 14.4. The Labute approximate surface area is 125 Å². The fourth-order valence-corrected chi connectivity index (χ4v) is 2.66. The highest BCUT2D eigenvalue weighted by Gasteiger charge is 2.31. The molecule has 1 saturated heterocycles. The van der Waals surface area contributed by atoms with Crippen LogP contribution in [0.25, 0.3) is 0 Å². The summed E-state index contributed by atoms with van der Waals surface area (Å²) in [6.45, 7) is 7.13. The van der Waals surface area contributed by atoms with Crippen LogP contribution in [0.2, 0.25) is 0 Å². The molecule has 1 aromatic rings. The van der Waals surface area contributed by atoms with Crippen LogP contribution in [-0.4, -0.2) is 44.9 Å². The van der Waals surface area contributed by atoms with Crippen LogP contribution in [0.4, 0.5) is 4.79 Å². The summed E-state index contributed by atoms with van der Waals surface area (Å²) in [5, 5.41) is 7.40. The van der Waals surface area contributed by atoms with Gasteiger partial charge in [0.2, 0.25) is 0 Å². The molecule has 1 aliphatic carbocycles. The molecular weight excluding hydrogens is 268 g/mol. The van der Waals surface area contributed by atoms with E-state index in [2.05, 4.69) is 15.2 Å². The Bertz CT molecular complexity index is 508. The Morgan fingerprint density at radius 1 is 1.19 bits per heavy atom. The van der Waals surface area contributed by atoms with E-state index in [4.69, 9.17) is 4.74 Å². The number of ether oxygens (including phenoxy) is 1. The van der Waals surface area contributed by atoms with Gasteiger partial charge in [-0.15, -0.1) is 0 Å². The van der Waals surface area contributed by atoms with Crippen LogP contribution >= 0.6 is 0 Å². The zero-order chi connectivity index (χ0) is 15.0. The van der Waals surface area contributed by atoms with E-state index in [1.54, 1.807) is 4.90 Å². The summed E-state index contributed by atoms with van der Waals surface area (Å²) in [7, 11) is 0. The lowest BCUT2D eigenvalue weighted by Crippen LogP contribution is -2.41. The molecule has 2 fully saturated rings. The SMILES string of the molecule is CC(C)(C)OC(=O)N1CCC(c2nc(C3CC3)n[nH]2)CC1. The van der Waals surface area contributed by atoms with Crippen LogP contribution in [0.15, 0.2) is 0 Å². The van der Waals surface area contributed by atoms with Crippen LogP contribution in [0.3, 0.4) is 0 Å². The predicted octanol–water partition coefficient (Wildman–Crippen LogP) is 2.80. The lowest BCUT2D eigenvalue weighted by atomic mass is 9.96. The number of hydrogen-bond donors (Lipinski definition) is 1. The lowest BCUT2D eigenvalue weighted by molar-refractivity contribution is 0.0203. The fraction of sp³-hybridized carbons (Fsp3) is 0.800. The van der Waals surface area contributed by atoms with E-state index < -0.39 is 5.60 Å². The molecule has 0 spiro atoms. The zero-order valence-corrected chi connectivity index (χ0v) is 13.1. The quantitative estimate of drug-likeness (QED) is 0.910. The standard InChI is InChI=1S/C15H24N4O2/c1-15(2,3)21-14(20)19-8-6-11(7-9-19)13-16-12(17-18-13)10-4-5-10/h10-11H,4-9H2,1-3H3,(H,16,17,18). The third-order valence-corrected chi connectivity index (χ3v) is 4.00. The topological polar surface area (TPSA) is 71.1 Å². The number of carbonyl (C=O) groups is 1. The lowest BCUT2D eigenvalue weighted by Gasteiger charge is -2.32. The van der Waals surface area contributed by atoms with Crippen LogP contribution in [0, 0.1) is 0 Å². The van der Waals surface area contributed by atoms with Crippen molar-refractivity contribution in [2.75, 3.05) is 13.1 Å². The van der Waals surface area contributed by atoms with Gasteiger partial charge in [-0.05, 0) is 46.5 Å². The molecule has 0 aromatic carbocycles. The molecule has 1 aromatic heterocycles. The van der Waals surface area contributed by atoms with Crippen molar-refractivity contribution < 1.29 is 9.53 Å². The molecule has 21 heavy (non-hydrogen) atoms. The number of rotatable bonds is 2. The van der Waals surface area contributed by atoms with E-state index in [-0.39, 0.29) is 6.09 Å². The smallest absolute Gasteiger partial charge is 0.410 e. The summed E-state index contributed by atoms with van der Waals surface area (Å²) in [6, 6.07) is 0. The second-order valence-corrected chi connectivity index (χ2v) is 7.09. The minimum atomic E-state index is -0.433. The molecular formula is C15H24N4O2. The van der Waals surface area contributed by atoms with Gasteiger partial charge in [-0.3, -0.25) is 5.10 Å². The zero-order valence-electron chi connectivity index (χ0n) is 13.1. The van der Waals surface area contributed by atoms with E-state index in [9.17, 15) is 4.79 Å². The molecule has 3 rings (SSSR count). The van der Waals surface area contributed by atoms with Crippen molar-refractivity contribution in [2.24, 2.45) is 0 Å². The van der Waals surface area contributed by atoms with Gasteiger partial charge in [-0.1, -0.05) is 0 Å². The highest BCUT2D eigenvalue weighted by molar-refractivity contribution is 5.68. The Kier molecular flexibility index (Phi) is 3.63. The minimum absolute atomic E-state index is 0.211. The monoisotopic (exact) mass is 292 g/mol. The maximum atomic E-state index is 12.0. The van der Waals surface area contributed by atoms with Crippen LogP contribution in [0.5, 0.6) is 0 Å². The van der Waals surface area contributed by atoms with Crippen LogP contribution < -0.4 is 0 Å². The van der Waals surface area contributed by atoms with Crippen LogP contribution in [-0.2, 0) is 4.74 Å². The highest BCUT2D eigenvalue weighted by atomic mass is 16.6. The van der Waals surface area contributed by atoms with Crippen molar-refractivity contribution in [3.8, 4) is 0 Å². The number of carbonyl (C=O) groups excluding carboxylic acids is 1. The van der Waals surface area contributed by atoms with Crippen molar-refractivity contribution in [1.29, 1.82) is 0 Å². The number of hydrogen-bond acceptors (Lipinski definition) is 4. The maximum absolute atomic E-state index is 12.0. The third-order valence-electron chi connectivity index (χ3n) is 4.00. The number of piperidine rings is 1. The second-order valence-electron chi connectivity index (χ2n) is 7.09. The number of likely N-dealkylation sites (tertiary alicyclic amines) is 1. The molecule has 2 heterocycles. The number of aromatic amines is 1. The average Bonchev–Trinajstić information content (AvgIpc) is 3.15. The van der Waals surface area contributed by atoms with Gasteiger partial charge >= 0.3 is 6.09 Å². The average molecular weight is 292 g/mol. The van der Waals surface area contributed by atoms with Crippen molar-refractivity contribution in [1.82, 2.24) is 20.1 Å². The summed E-state index contributed by atoms with van der Waals surface area (Å²) < 4.78 is 5.41. The molecule has 6 nitrogen and oxygen atoms in total. The number of amides is 1. The molecule has 1 amide bonds. The number of aromatic nitrogens is 3. The summed E-state index contributed by atoms with van der Waals surface area (Å²) >= 11 is 0. The van der Waals surface area contributed by atoms with E-state index in [0.717, 1.165) is 37.6 Å². The molecule has 1 aliphatic heterocycles. The van der Waals surface area contributed by atoms with Gasteiger partial charge in [-0.2, -0.15) is 5.10 Å². The Morgan fingerprint density at radius 2 is 1.86 bits per heavy atom. The summed E-state index contributed by atoms with van der Waals surface area (Å²) in [5.41, 5.74) is -0.433. The molecule has 0 atom stereocenters. The first-order valence-corrected chi connectivity index (χ1v) is 7.82. The molecule has 1 N–H and O–H groups in total. The van der Waals surface area contributed by atoms with Gasteiger partial charge in [-0.25, -0.2) is 9.78 Å². The molecule has 0 bridgehead atoms. The largest absolute Gasteiger partial charge is 0.444 e. The Morgan fingerprint density at radius 3 is 2.43 bits per heavy atom. The summed E-state index contributed by atoms with van der Waals surface area (Å²) in [6.07, 6.45) is 4.05. The van der Waals surface area contributed by atoms with E-state index in [0.29, 0.717) is 11.8 Å². The van der Waals surface area contributed by atoms with Crippen molar-refractivity contribution in [2.45, 2.75) is 63.9 Å². The molecule has 116 valence electrons. The van der Waals surface area contributed by atoms with E-state index in [1.807, 2.05) is 20.8 Å². The third kappa shape index (κ3) is 3.54. The molecule has 6 heteroatoms. The van der Waals surface area contributed by atoms with Gasteiger partial charge in [0.05, 0.1) is 0 Å². The minimum Gasteiger partial charge on any atom is -0.444 e. The summed E-state index contributed by atoms with van der Waals surface area (Å²) in [4.78, 5) is 18.4. The maximum Gasteiger partial charge on any atom is 0.410 e. The van der Waals surface area contributed by atoms with Gasteiger partial charge in [0, 0.05) is 24.9 Å². The van der Waals surface area contributed by atoms with Crippen molar-refractivity contribution >= 4 is 6.09 Å². The first-order valence-electron chi connectivity index (χ1n) is 7.82. The molecule has 1 saturated carbocycles. The van der Waals surface area contributed by atoms with Gasteiger partial charge < -0.3 is 9.64 Å². The predicted molar refractivity (Wildman–Crippen MR) is 78.1 cm³/mol. The van der Waals surface area contributed by atoms with Crippen molar-refractivity contribution in [3.05, 3.63) is 11.6 Å². The second kappa shape index (κ2) is 5.31. The van der Waals surface area contributed by atoms with Gasteiger partial charge in [0.25, 0.3) is 0 Å². The number of nitrogens with zero attached hydrogens (tertiary/aromatic N) is 3. The van der Waals surface area contributed by atoms with Crippen molar-refractivity contribution in [3.63, 3.8) is 0 Å². The van der Waals surface area contributed by atoms with Gasteiger partial charge in [0.15, 0.2) is 5.82 Å². The highest BCUT2D eigenvalue weighted by Crippen LogP contribution is 2.38. The van der Waals surface area contributed by atoms with Gasteiger partial charge in [0.1, 0.15) is 11.4 Å². The van der Waals surface area contributed by atoms with Crippen LogP contribution in [0.1, 0.15) is 69.9 Å². The first-order chi connectivity index (χ1) is 9.92. The fourth-order valence-electron chi connectivity index (χ4n) is 2.66. The molecule has 2 aliphatic rings.